The van der Waals surface area contributed by atoms with Crippen molar-refractivity contribution in [2.75, 3.05) is 13.6 Å². The van der Waals surface area contributed by atoms with Gasteiger partial charge in [0.2, 0.25) is 23.6 Å². The van der Waals surface area contributed by atoms with E-state index in [0.29, 0.717) is 19.4 Å². The fourth-order valence-corrected chi connectivity index (χ4v) is 6.10. The largest absolute Gasteiger partial charge is 0.465 e. The first-order valence-electron chi connectivity index (χ1n) is 13.3. The van der Waals surface area contributed by atoms with Gasteiger partial charge < -0.3 is 31.3 Å². The van der Waals surface area contributed by atoms with E-state index in [4.69, 9.17) is 5.73 Å². The first-order valence-corrected chi connectivity index (χ1v) is 13.3. The zero-order chi connectivity index (χ0) is 27.2. The molecule has 5 N–H and O–H groups in total. The summed E-state index contributed by atoms with van der Waals surface area (Å²) >= 11 is 0. The average Bonchev–Trinajstić information content (AvgIpc) is 3.82. The Morgan fingerprint density at radius 1 is 1.16 bits per heavy atom. The predicted molar refractivity (Wildman–Crippen MR) is 135 cm³/mol. The Bertz CT molecular complexity index is 1160. The van der Waals surface area contributed by atoms with E-state index < -0.39 is 47.4 Å². The molecule has 0 bridgehead atoms. The number of nitrogens with one attached hydrogen (secondary N) is 2. The summed E-state index contributed by atoms with van der Waals surface area (Å²) < 4.78 is 0. The van der Waals surface area contributed by atoms with Gasteiger partial charge in [-0.25, -0.2) is 4.79 Å². The van der Waals surface area contributed by atoms with Gasteiger partial charge in [0.25, 0.3) is 0 Å². The summed E-state index contributed by atoms with van der Waals surface area (Å²) in [6, 6.07) is 4.63. The van der Waals surface area contributed by atoms with Crippen molar-refractivity contribution in [3.63, 3.8) is 0 Å². The molecule has 2 aliphatic carbocycles. The Kier molecular flexibility index (Phi) is 6.79. The van der Waals surface area contributed by atoms with E-state index in [1.165, 1.54) is 16.8 Å². The number of likely N-dealkylation sites (tertiary alicyclic amines) is 1. The molecule has 3 fully saturated rings. The van der Waals surface area contributed by atoms with Gasteiger partial charge in [-0.1, -0.05) is 49.9 Å². The third-order valence-corrected chi connectivity index (χ3v) is 8.59. The van der Waals surface area contributed by atoms with Gasteiger partial charge in [-0.15, -0.1) is 0 Å². The van der Waals surface area contributed by atoms with Crippen LogP contribution in [0.25, 0.3) is 0 Å². The second kappa shape index (κ2) is 9.92. The molecule has 0 radical (unpaired) electrons. The Labute approximate surface area is 221 Å². The van der Waals surface area contributed by atoms with Crippen LogP contribution < -0.4 is 16.4 Å². The number of carbonyl (C=O) groups excluding carboxylic acids is 4. The molecule has 0 aromatic heterocycles. The highest BCUT2D eigenvalue weighted by Gasteiger charge is 2.56. The van der Waals surface area contributed by atoms with Crippen LogP contribution >= 0.6 is 0 Å². The van der Waals surface area contributed by atoms with Crippen LogP contribution in [0.5, 0.6) is 0 Å². The second-order valence-electron chi connectivity index (χ2n) is 11.3. The number of fused-ring (bicyclic) bond motifs is 2. The smallest absolute Gasteiger partial charge is 0.405 e. The summed E-state index contributed by atoms with van der Waals surface area (Å²) in [5, 5.41) is 14.5. The Balaban J connectivity index is 1.44. The first-order chi connectivity index (χ1) is 18.1. The summed E-state index contributed by atoms with van der Waals surface area (Å²) in [5.74, 6) is -1.33. The number of likely N-dealkylation sites (N-methyl/N-ethyl adjacent to an activating group) is 1. The minimum absolute atomic E-state index is 0.0235. The molecule has 4 aliphatic rings. The molecule has 11 heteroatoms. The maximum absolute atomic E-state index is 14.1. The predicted octanol–water partition coefficient (Wildman–Crippen LogP) is 0.704. The molecule has 2 heterocycles. The molecular weight excluding hydrogens is 490 g/mol. The summed E-state index contributed by atoms with van der Waals surface area (Å²) in [5.41, 5.74) is 6.37. The van der Waals surface area contributed by atoms with Crippen molar-refractivity contribution in [1.82, 2.24) is 20.4 Å². The van der Waals surface area contributed by atoms with E-state index in [9.17, 15) is 29.1 Å². The standard InChI is InChI=1S/C27H35N5O6/c1-31(23(34)19(30-26(37)38)10-15-6-7-15)20(11-16-8-9-16)24(35)32-14-27(12-21(32)22(28)33)18-5-3-2-4-17(18)13-29-25(27)36/h2-5,15-16,19-21,30H,6-14H2,1H3,(H2,28,33)(H,29,36)(H,37,38). The lowest BCUT2D eigenvalue weighted by atomic mass is 9.73. The molecule has 204 valence electrons. The van der Waals surface area contributed by atoms with Gasteiger partial charge in [0.1, 0.15) is 18.1 Å². The van der Waals surface area contributed by atoms with Crippen molar-refractivity contribution in [3.8, 4) is 0 Å². The number of carbonyl (C=O) groups is 5. The van der Waals surface area contributed by atoms with E-state index in [1.807, 2.05) is 24.3 Å². The van der Waals surface area contributed by atoms with Gasteiger partial charge in [-0.2, -0.15) is 0 Å². The second-order valence-corrected chi connectivity index (χ2v) is 11.3. The van der Waals surface area contributed by atoms with Crippen LogP contribution in [0.15, 0.2) is 24.3 Å². The van der Waals surface area contributed by atoms with E-state index in [0.717, 1.165) is 36.8 Å². The quantitative estimate of drug-likeness (QED) is 0.371. The molecule has 1 spiro atoms. The van der Waals surface area contributed by atoms with E-state index in [2.05, 4.69) is 10.6 Å². The maximum atomic E-state index is 14.1. The SMILES string of the molecule is CN(C(=O)C(CC1CC1)NC(=O)O)C(CC1CC1)C(=O)N1CC2(CC1C(N)=O)C(=O)NCc1ccccc12. The average molecular weight is 526 g/mol. The number of rotatable bonds is 9. The van der Waals surface area contributed by atoms with Crippen LogP contribution in [0.2, 0.25) is 0 Å². The third-order valence-electron chi connectivity index (χ3n) is 8.59. The first kappa shape index (κ1) is 26.0. The molecule has 1 saturated heterocycles. The number of hydrogen-bond donors (Lipinski definition) is 4. The van der Waals surface area contributed by atoms with Crippen LogP contribution in [0, 0.1) is 11.8 Å². The number of carboxylic acid groups (broad SMARTS) is 1. The highest BCUT2D eigenvalue weighted by atomic mass is 16.4. The van der Waals surface area contributed by atoms with E-state index >= 15 is 0 Å². The molecule has 11 nitrogen and oxygen atoms in total. The van der Waals surface area contributed by atoms with Gasteiger partial charge in [-0.3, -0.25) is 19.2 Å². The van der Waals surface area contributed by atoms with Crippen molar-refractivity contribution in [2.24, 2.45) is 17.6 Å². The summed E-state index contributed by atoms with van der Waals surface area (Å²) in [7, 11) is 1.52. The number of benzene rings is 1. The molecule has 1 aromatic carbocycles. The Morgan fingerprint density at radius 3 is 2.45 bits per heavy atom. The summed E-state index contributed by atoms with van der Waals surface area (Å²) in [6.07, 6.45) is 3.32. The minimum atomic E-state index is -1.29. The normalized spacial score (nSPS) is 25.8. The zero-order valence-electron chi connectivity index (χ0n) is 21.5. The van der Waals surface area contributed by atoms with Gasteiger partial charge in [0.05, 0.1) is 5.41 Å². The van der Waals surface area contributed by atoms with Crippen LogP contribution in [0.3, 0.4) is 0 Å². The zero-order valence-corrected chi connectivity index (χ0v) is 21.5. The molecule has 38 heavy (non-hydrogen) atoms. The summed E-state index contributed by atoms with van der Waals surface area (Å²) in [6.45, 7) is 0.344. The van der Waals surface area contributed by atoms with Crippen molar-refractivity contribution in [2.45, 2.75) is 75.0 Å². The molecule has 2 aliphatic heterocycles. The van der Waals surface area contributed by atoms with Crippen LogP contribution in [-0.4, -0.2) is 76.3 Å². The maximum Gasteiger partial charge on any atom is 0.405 e. The fourth-order valence-electron chi connectivity index (χ4n) is 6.10. The number of hydrogen-bond acceptors (Lipinski definition) is 5. The molecule has 5 rings (SSSR count). The highest BCUT2D eigenvalue weighted by Crippen LogP contribution is 2.43. The van der Waals surface area contributed by atoms with Crippen molar-refractivity contribution >= 4 is 29.7 Å². The third kappa shape index (κ3) is 4.93. The fraction of sp³-hybridized carbons (Fsp3) is 0.593. The van der Waals surface area contributed by atoms with Crippen LogP contribution in [0.1, 0.15) is 56.1 Å². The van der Waals surface area contributed by atoms with Crippen molar-refractivity contribution in [3.05, 3.63) is 35.4 Å². The van der Waals surface area contributed by atoms with Gasteiger partial charge in [-0.05, 0) is 42.2 Å². The van der Waals surface area contributed by atoms with Gasteiger partial charge >= 0.3 is 6.09 Å². The number of primary amides is 1. The van der Waals surface area contributed by atoms with Crippen LogP contribution in [-0.2, 0) is 31.1 Å². The molecule has 2 saturated carbocycles. The van der Waals surface area contributed by atoms with Crippen molar-refractivity contribution in [1.29, 1.82) is 0 Å². The Morgan fingerprint density at radius 2 is 1.82 bits per heavy atom. The van der Waals surface area contributed by atoms with Crippen molar-refractivity contribution < 1.29 is 29.1 Å². The molecule has 4 atom stereocenters. The molecule has 5 amide bonds. The van der Waals surface area contributed by atoms with E-state index in [-0.39, 0.29) is 30.7 Å². The number of nitrogens with two attached hydrogens (primary N) is 1. The monoisotopic (exact) mass is 525 g/mol. The molecule has 1 aromatic rings. The summed E-state index contributed by atoms with van der Waals surface area (Å²) in [4.78, 5) is 67.7. The van der Waals surface area contributed by atoms with Gasteiger partial charge in [0.15, 0.2) is 0 Å². The topological polar surface area (TPSA) is 162 Å². The lowest BCUT2D eigenvalue weighted by Crippen LogP contribution is -2.57. The Hall–Kier alpha value is -3.63. The highest BCUT2D eigenvalue weighted by molar-refractivity contribution is 5.98. The minimum Gasteiger partial charge on any atom is -0.465 e. The van der Waals surface area contributed by atoms with Crippen LogP contribution in [0.4, 0.5) is 4.79 Å². The lowest BCUT2D eigenvalue weighted by molar-refractivity contribution is -0.148. The molecular formula is C27H35N5O6. The molecule has 4 unspecified atom stereocenters. The lowest BCUT2D eigenvalue weighted by Gasteiger charge is -2.36. The number of nitrogens with zero attached hydrogens (tertiary/aromatic N) is 2. The van der Waals surface area contributed by atoms with E-state index in [1.54, 1.807) is 0 Å². The van der Waals surface area contributed by atoms with Gasteiger partial charge in [0, 0.05) is 20.1 Å². The number of amides is 5.